The van der Waals surface area contributed by atoms with Crippen molar-refractivity contribution in [1.29, 1.82) is 0 Å². The van der Waals surface area contributed by atoms with Crippen LogP contribution in [0.4, 0.5) is 0 Å². The predicted octanol–water partition coefficient (Wildman–Crippen LogP) is 2.11. The molecule has 1 aliphatic rings. The van der Waals surface area contributed by atoms with Crippen molar-refractivity contribution < 1.29 is 4.74 Å². The van der Waals surface area contributed by atoms with E-state index in [0.717, 1.165) is 19.5 Å². The number of benzene rings is 1. The maximum Gasteiger partial charge on any atom is 0.0727 e. The van der Waals surface area contributed by atoms with Crippen molar-refractivity contribution in [2.24, 2.45) is 0 Å². The van der Waals surface area contributed by atoms with Crippen molar-refractivity contribution in [3.63, 3.8) is 0 Å². The number of aromatic nitrogens is 1. The monoisotopic (exact) mass is 228 g/mol. The number of hydrogen-bond donors (Lipinski definition) is 1. The van der Waals surface area contributed by atoms with Gasteiger partial charge in [0.15, 0.2) is 0 Å². The first-order valence-electron chi connectivity index (χ1n) is 6.07. The second kappa shape index (κ2) is 4.82. The molecule has 0 radical (unpaired) electrons. The van der Waals surface area contributed by atoms with E-state index in [4.69, 9.17) is 4.74 Å². The fourth-order valence-corrected chi connectivity index (χ4v) is 2.29. The largest absolute Gasteiger partial charge is 0.372 e. The third-order valence-electron chi connectivity index (χ3n) is 3.26. The highest BCUT2D eigenvalue weighted by atomic mass is 16.5. The Balaban J connectivity index is 1.79. The molecule has 3 nitrogen and oxygen atoms in total. The summed E-state index contributed by atoms with van der Waals surface area (Å²) in [4.78, 5) is 4.14. The molecule has 0 saturated carbocycles. The van der Waals surface area contributed by atoms with Gasteiger partial charge < -0.3 is 10.1 Å². The van der Waals surface area contributed by atoms with Gasteiger partial charge in [0, 0.05) is 24.3 Å². The van der Waals surface area contributed by atoms with Crippen molar-refractivity contribution in [3.05, 3.63) is 42.2 Å². The molecule has 17 heavy (non-hydrogen) atoms. The highest BCUT2D eigenvalue weighted by molar-refractivity contribution is 5.84. The number of ether oxygens (including phenoxy) is 1. The van der Waals surface area contributed by atoms with Crippen molar-refractivity contribution in [1.82, 2.24) is 10.3 Å². The summed E-state index contributed by atoms with van der Waals surface area (Å²) in [5.74, 6) is 0. The van der Waals surface area contributed by atoms with Gasteiger partial charge in [-0.2, -0.15) is 0 Å². The molecule has 2 heterocycles. The Labute approximate surface area is 101 Å². The zero-order chi connectivity index (χ0) is 11.5. The Morgan fingerprint density at radius 1 is 1.35 bits per heavy atom. The lowest BCUT2D eigenvalue weighted by Gasteiger charge is -2.12. The molecule has 0 spiro atoms. The third-order valence-corrected chi connectivity index (χ3v) is 3.26. The van der Waals surface area contributed by atoms with Crippen LogP contribution in [-0.4, -0.2) is 24.2 Å². The van der Waals surface area contributed by atoms with Gasteiger partial charge >= 0.3 is 0 Å². The number of rotatable bonds is 3. The summed E-state index contributed by atoms with van der Waals surface area (Å²) in [5, 5.41) is 5.73. The first-order chi connectivity index (χ1) is 8.43. The molecule has 1 saturated heterocycles. The SMILES string of the molecule is c1cc(COC2CCNC2)c2ccncc2c1. The van der Waals surface area contributed by atoms with Gasteiger partial charge in [0.2, 0.25) is 0 Å². The van der Waals surface area contributed by atoms with Gasteiger partial charge in [-0.25, -0.2) is 0 Å². The first kappa shape index (κ1) is 10.7. The topological polar surface area (TPSA) is 34.1 Å². The lowest BCUT2D eigenvalue weighted by molar-refractivity contribution is 0.0549. The number of nitrogens with zero attached hydrogens (tertiary/aromatic N) is 1. The molecule has 1 aromatic carbocycles. The van der Waals surface area contributed by atoms with Crippen LogP contribution < -0.4 is 5.32 Å². The molecule has 0 bridgehead atoms. The fourth-order valence-electron chi connectivity index (χ4n) is 2.29. The third kappa shape index (κ3) is 2.30. The molecule has 1 N–H and O–H groups in total. The molecular formula is C14H16N2O. The van der Waals surface area contributed by atoms with Gasteiger partial charge in [-0.05, 0) is 30.0 Å². The van der Waals surface area contributed by atoms with Crippen LogP contribution in [0.2, 0.25) is 0 Å². The minimum atomic E-state index is 0.368. The Kier molecular flexibility index (Phi) is 3.03. The molecular weight excluding hydrogens is 212 g/mol. The first-order valence-corrected chi connectivity index (χ1v) is 6.07. The number of nitrogens with one attached hydrogen (secondary N) is 1. The summed E-state index contributed by atoms with van der Waals surface area (Å²) in [7, 11) is 0. The Bertz CT molecular complexity index is 501. The van der Waals surface area contributed by atoms with Crippen LogP contribution in [0.3, 0.4) is 0 Å². The van der Waals surface area contributed by atoms with Crippen LogP contribution in [-0.2, 0) is 11.3 Å². The minimum absolute atomic E-state index is 0.368. The predicted molar refractivity (Wildman–Crippen MR) is 67.8 cm³/mol. The smallest absolute Gasteiger partial charge is 0.0727 e. The van der Waals surface area contributed by atoms with E-state index in [0.29, 0.717) is 12.7 Å². The lowest BCUT2D eigenvalue weighted by atomic mass is 10.1. The normalized spacial score (nSPS) is 19.9. The van der Waals surface area contributed by atoms with Crippen molar-refractivity contribution in [3.8, 4) is 0 Å². The maximum atomic E-state index is 5.91. The Hall–Kier alpha value is -1.45. The molecule has 3 heteroatoms. The quantitative estimate of drug-likeness (QED) is 0.873. The van der Waals surface area contributed by atoms with Gasteiger partial charge in [0.25, 0.3) is 0 Å². The number of pyridine rings is 1. The van der Waals surface area contributed by atoms with Crippen LogP contribution in [0.5, 0.6) is 0 Å². The summed E-state index contributed by atoms with van der Waals surface area (Å²) in [5.41, 5.74) is 1.25. The van der Waals surface area contributed by atoms with Gasteiger partial charge in [-0.15, -0.1) is 0 Å². The van der Waals surface area contributed by atoms with E-state index in [-0.39, 0.29) is 0 Å². The standard InChI is InChI=1S/C14H16N2O/c1-2-11-8-15-7-5-14(11)12(3-1)10-17-13-4-6-16-9-13/h1-3,5,7-8,13,16H,4,6,9-10H2. The average molecular weight is 228 g/mol. The van der Waals surface area contributed by atoms with E-state index in [1.807, 2.05) is 12.4 Å². The molecule has 0 aliphatic carbocycles. The second-order valence-electron chi connectivity index (χ2n) is 4.44. The van der Waals surface area contributed by atoms with Crippen molar-refractivity contribution in [2.75, 3.05) is 13.1 Å². The van der Waals surface area contributed by atoms with Crippen LogP contribution in [0.15, 0.2) is 36.7 Å². The molecule has 0 amide bonds. The van der Waals surface area contributed by atoms with Crippen LogP contribution >= 0.6 is 0 Å². The minimum Gasteiger partial charge on any atom is -0.372 e. The van der Waals surface area contributed by atoms with Gasteiger partial charge in [0.1, 0.15) is 0 Å². The Morgan fingerprint density at radius 2 is 2.35 bits per heavy atom. The Morgan fingerprint density at radius 3 is 3.24 bits per heavy atom. The van der Waals surface area contributed by atoms with Gasteiger partial charge in [0.05, 0.1) is 12.7 Å². The molecule has 3 rings (SSSR count). The van der Waals surface area contributed by atoms with Gasteiger partial charge in [-0.3, -0.25) is 4.98 Å². The average Bonchev–Trinajstić information content (AvgIpc) is 2.89. The fraction of sp³-hybridized carbons (Fsp3) is 0.357. The number of hydrogen-bond acceptors (Lipinski definition) is 3. The lowest BCUT2D eigenvalue weighted by Crippen LogP contribution is -2.16. The van der Waals surface area contributed by atoms with Crippen LogP contribution in [0.1, 0.15) is 12.0 Å². The van der Waals surface area contributed by atoms with Crippen molar-refractivity contribution in [2.45, 2.75) is 19.1 Å². The zero-order valence-electron chi connectivity index (χ0n) is 9.73. The summed E-state index contributed by atoms with van der Waals surface area (Å²) < 4.78 is 5.91. The zero-order valence-corrected chi connectivity index (χ0v) is 9.73. The van der Waals surface area contributed by atoms with E-state index in [1.165, 1.54) is 16.3 Å². The van der Waals surface area contributed by atoms with E-state index in [9.17, 15) is 0 Å². The molecule has 2 aromatic rings. The molecule has 88 valence electrons. The number of fused-ring (bicyclic) bond motifs is 1. The van der Waals surface area contributed by atoms with Crippen molar-refractivity contribution >= 4 is 10.8 Å². The molecule has 1 atom stereocenters. The highest BCUT2D eigenvalue weighted by Crippen LogP contribution is 2.19. The summed E-state index contributed by atoms with van der Waals surface area (Å²) >= 11 is 0. The molecule has 1 aliphatic heterocycles. The maximum absolute atomic E-state index is 5.91. The molecule has 1 fully saturated rings. The highest BCUT2D eigenvalue weighted by Gasteiger charge is 2.14. The van der Waals surface area contributed by atoms with Crippen LogP contribution in [0.25, 0.3) is 10.8 Å². The van der Waals surface area contributed by atoms with Crippen LogP contribution in [0, 0.1) is 0 Å². The molecule has 1 aromatic heterocycles. The van der Waals surface area contributed by atoms with E-state index < -0.39 is 0 Å². The van der Waals surface area contributed by atoms with E-state index >= 15 is 0 Å². The van der Waals surface area contributed by atoms with E-state index in [2.05, 4.69) is 34.6 Å². The molecule has 1 unspecified atom stereocenters. The summed E-state index contributed by atoms with van der Waals surface area (Å²) in [6, 6.07) is 8.34. The second-order valence-corrected chi connectivity index (χ2v) is 4.44. The summed E-state index contributed by atoms with van der Waals surface area (Å²) in [6.45, 7) is 2.74. The summed E-state index contributed by atoms with van der Waals surface area (Å²) in [6.07, 6.45) is 5.22. The van der Waals surface area contributed by atoms with E-state index in [1.54, 1.807) is 0 Å². The van der Waals surface area contributed by atoms with Gasteiger partial charge in [-0.1, -0.05) is 18.2 Å².